The fourth-order valence-corrected chi connectivity index (χ4v) is 4.45. The first kappa shape index (κ1) is 18.5. The van der Waals surface area contributed by atoms with E-state index in [1.807, 2.05) is 41.0 Å². The third-order valence-corrected chi connectivity index (χ3v) is 6.26. The van der Waals surface area contributed by atoms with E-state index in [1.54, 1.807) is 24.5 Å². The topological polar surface area (TPSA) is 82.5 Å². The largest absolute Gasteiger partial charge is 0.490 e. The van der Waals surface area contributed by atoms with Gasteiger partial charge in [0.15, 0.2) is 11.5 Å². The Labute approximate surface area is 173 Å². The van der Waals surface area contributed by atoms with Gasteiger partial charge in [0.1, 0.15) is 6.33 Å². The molecule has 0 fully saturated rings. The van der Waals surface area contributed by atoms with Crippen molar-refractivity contribution in [1.82, 2.24) is 9.55 Å². The average Bonchev–Trinajstić information content (AvgIpc) is 3.04. The Morgan fingerprint density at radius 1 is 0.900 bits per heavy atom. The molecule has 0 amide bonds. The Bertz CT molecular complexity index is 1310. The normalized spacial score (nSPS) is 13.7. The van der Waals surface area contributed by atoms with Crippen LogP contribution in [0.3, 0.4) is 0 Å². The van der Waals surface area contributed by atoms with Crippen LogP contribution in [0.4, 0.5) is 5.69 Å². The number of nitrogens with one attached hydrogen (secondary N) is 1. The van der Waals surface area contributed by atoms with E-state index >= 15 is 0 Å². The summed E-state index contributed by atoms with van der Waals surface area (Å²) in [6.07, 6.45) is 2.51. The van der Waals surface area contributed by atoms with Gasteiger partial charge in [-0.3, -0.25) is 9.29 Å². The number of aromatic nitrogens is 2. The van der Waals surface area contributed by atoms with Crippen molar-refractivity contribution in [3.05, 3.63) is 73.1 Å². The van der Waals surface area contributed by atoms with Crippen molar-refractivity contribution >= 4 is 26.7 Å². The summed E-state index contributed by atoms with van der Waals surface area (Å²) in [6.45, 7) is 1.05. The molecule has 0 saturated carbocycles. The molecule has 1 aliphatic heterocycles. The lowest BCUT2D eigenvalue weighted by Crippen LogP contribution is -2.13. The monoisotopic (exact) mass is 421 g/mol. The van der Waals surface area contributed by atoms with Gasteiger partial charge in [0.25, 0.3) is 10.0 Å². The predicted molar refractivity (Wildman–Crippen MR) is 114 cm³/mol. The summed E-state index contributed by atoms with van der Waals surface area (Å²) in [5.41, 5.74) is 3.24. The van der Waals surface area contributed by atoms with Crippen LogP contribution in [0.2, 0.25) is 0 Å². The van der Waals surface area contributed by atoms with Crippen LogP contribution in [-0.2, 0) is 10.0 Å². The van der Waals surface area contributed by atoms with Gasteiger partial charge in [0.2, 0.25) is 0 Å². The van der Waals surface area contributed by atoms with Crippen LogP contribution in [0.1, 0.15) is 6.42 Å². The highest BCUT2D eigenvalue weighted by atomic mass is 32.2. The summed E-state index contributed by atoms with van der Waals surface area (Å²) in [7, 11) is -3.76. The van der Waals surface area contributed by atoms with Gasteiger partial charge in [-0.25, -0.2) is 13.4 Å². The summed E-state index contributed by atoms with van der Waals surface area (Å²) >= 11 is 0. The second-order valence-corrected chi connectivity index (χ2v) is 8.60. The Morgan fingerprint density at radius 2 is 1.67 bits per heavy atom. The Morgan fingerprint density at radius 3 is 2.50 bits per heavy atom. The number of sulfonamides is 1. The predicted octanol–water partition coefficient (Wildman–Crippen LogP) is 3.99. The number of para-hydroxylation sites is 2. The van der Waals surface area contributed by atoms with Crippen LogP contribution >= 0.6 is 0 Å². The molecule has 8 heteroatoms. The maximum Gasteiger partial charge on any atom is 0.262 e. The van der Waals surface area contributed by atoms with Crippen LogP contribution < -0.4 is 14.2 Å². The molecule has 0 bridgehead atoms. The van der Waals surface area contributed by atoms with Gasteiger partial charge in [0, 0.05) is 23.9 Å². The van der Waals surface area contributed by atoms with Crippen molar-refractivity contribution in [1.29, 1.82) is 0 Å². The molecule has 0 aliphatic carbocycles. The lowest BCUT2D eigenvalue weighted by atomic mass is 10.2. The summed E-state index contributed by atoms with van der Waals surface area (Å²) in [5.74, 6) is 1.00. The zero-order chi connectivity index (χ0) is 20.6. The third-order valence-electron chi connectivity index (χ3n) is 4.88. The Kier molecular flexibility index (Phi) is 4.55. The van der Waals surface area contributed by atoms with Crippen LogP contribution in [0.5, 0.6) is 11.5 Å². The van der Waals surface area contributed by atoms with Crippen molar-refractivity contribution in [2.24, 2.45) is 0 Å². The fourth-order valence-electron chi connectivity index (χ4n) is 3.38. The molecule has 2 heterocycles. The van der Waals surface area contributed by atoms with Gasteiger partial charge < -0.3 is 9.47 Å². The Hall–Kier alpha value is -3.52. The molecule has 0 unspecified atom stereocenters. The number of rotatable bonds is 4. The zero-order valence-corrected chi connectivity index (χ0v) is 16.8. The van der Waals surface area contributed by atoms with Gasteiger partial charge in [-0.05, 0) is 48.5 Å². The second kappa shape index (κ2) is 7.38. The minimum Gasteiger partial charge on any atom is -0.490 e. The first-order chi connectivity index (χ1) is 14.6. The molecule has 152 valence electrons. The van der Waals surface area contributed by atoms with Gasteiger partial charge >= 0.3 is 0 Å². The van der Waals surface area contributed by atoms with E-state index in [9.17, 15) is 8.42 Å². The van der Waals surface area contributed by atoms with Crippen LogP contribution in [0, 0.1) is 0 Å². The van der Waals surface area contributed by atoms with Gasteiger partial charge in [-0.2, -0.15) is 0 Å². The first-order valence-corrected chi connectivity index (χ1v) is 11.0. The SMILES string of the molecule is O=S(=O)(Nc1ccc(-n2cnc3ccccc32)cc1)c1ccc2c(c1)OCCCO2. The molecular weight excluding hydrogens is 402 g/mol. The maximum atomic E-state index is 12.8. The summed E-state index contributed by atoms with van der Waals surface area (Å²) in [4.78, 5) is 4.51. The minimum absolute atomic E-state index is 0.122. The van der Waals surface area contributed by atoms with Crippen LogP contribution in [0.15, 0.2) is 78.0 Å². The van der Waals surface area contributed by atoms with Crippen molar-refractivity contribution in [3.63, 3.8) is 0 Å². The highest BCUT2D eigenvalue weighted by Crippen LogP contribution is 2.32. The van der Waals surface area contributed by atoms with Gasteiger partial charge in [0.05, 0.1) is 29.1 Å². The van der Waals surface area contributed by atoms with Crippen molar-refractivity contribution in [2.45, 2.75) is 11.3 Å². The summed E-state index contributed by atoms with van der Waals surface area (Å²) in [5, 5.41) is 0. The zero-order valence-electron chi connectivity index (χ0n) is 16.0. The van der Waals surface area contributed by atoms with Crippen LogP contribution in [0.25, 0.3) is 16.7 Å². The molecule has 3 aromatic carbocycles. The molecule has 1 aliphatic rings. The number of imidazole rings is 1. The first-order valence-electron chi connectivity index (χ1n) is 9.55. The lowest BCUT2D eigenvalue weighted by molar-refractivity contribution is 0.297. The van der Waals surface area contributed by atoms with E-state index in [0.717, 1.165) is 23.1 Å². The molecule has 0 atom stereocenters. The number of hydrogen-bond acceptors (Lipinski definition) is 5. The van der Waals surface area contributed by atoms with E-state index in [-0.39, 0.29) is 4.90 Å². The van der Waals surface area contributed by atoms with Crippen molar-refractivity contribution in [3.8, 4) is 17.2 Å². The summed E-state index contributed by atoms with van der Waals surface area (Å²) in [6, 6.07) is 19.6. The molecule has 1 aromatic heterocycles. The fraction of sp³-hybridized carbons (Fsp3) is 0.136. The highest BCUT2D eigenvalue weighted by molar-refractivity contribution is 7.92. The van der Waals surface area contributed by atoms with E-state index < -0.39 is 10.0 Å². The number of ether oxygens (including phenoxy) is 2. The van der Waals surface area contributed by atoms with Gasteiger partial charge in [-0.1, -0.05) is 12.1 Å². The Balaban J connectivity index is 1.40. The maximum absolute atomic E-state index is 12.8. The van der Waals surface area contributed by atoms with Crippen molar-refractivity contribution < 1.29 is 17.9 Å². The van der Waals surface area contributed by atoms with Crippen LogP contribution in [-0.4, -0.2) is 31.2 Å². The van der Waals surface area contributed by atoms with E-state index in [2.05, 4.69) is 9.71 Å². The molecule has 1 N–H and O–H groups in total. The smallest absolute Gasteiger partial charge is 0.262 e. The number of nitrogens with zero attached hydrogens (tertiary/aromatic N) is 2. The van der Waals surface area contributed by atoms with E-state index in [1.165, 1.54) is 12.1 Å². The minimum atomic E-state index is -3.76. The molecule has 4 aromatic rings. The summed E-state index contributed by atoms with van der Waals surface area (Å²) < 4.78 is 41.4. The molecule has 0 spiro atoms. The number of hydrogen-bond donors (Lipinski definition) is 1. The molecule has 0 radical (unpaired) electrons. The number of benzene rings is 3. The number of fused-ring (bicyclic) bond motifs is 2. The molecule has 0 saturated heterocycles. The molecule has 5 rings (SSSR count). The third kappa shape index (κ3) is 3.46. The molecule has 30 heavy (non-hydrogen) atoms. The van der Waals surface area contributed by atoms with Crippen molar-refractivity contribution in [2.75, 3.05) is 17.9 Å². The quantitative estimate of drug-likeness (QED) is 0.539. The highest BCUT2D eigenvalue weighted by Gasteiger charge is 2.19. The lowest BCUT2D eigenvalue weighted by Gasteiger charge is -2.12. The second-order valence-electron chi connectivity index (χ2n) is 6.91. The molecule has 7 nitrogen and oxygen atoms in total. The van der Waals surface area contributed by atoms with E-state index in [0.29, 0.717) is 30.4 Å². The number of anilines is 1. The van der Waals surface area contributed by atoms with E-state index in [4.69, 9.17) is 9.47 Å². The molecular formula is C22H19N3O4S. The average molecular weight is 421 g/mol. The standard InChI is InChI=1S/C22H19N3O4S/c26-30(27,18-10-11-21-22(14-18)29-13-3-12-28-21)24-16-6-8-17(9-7-16)25-15-23-19-4-1-2-5-20(19)25/h1-2,4-11,14-15,24H,3,12-13H2. The van der Waals surface area contributed by atoms with Gasteiger partial charge in [-0.15, -0.1) is 0 Å².